The van der Waals surface area contributed by atoms with Gasteiger partial charge in [-0.3, -0.25) is 8.75 Å². The number of hydrogen-bond donors (Lipinski definition) is 1. The van der Waals surface area contributed by atoms with E-state index < -0.39 is 0 Å². The van der Waals surface area contributed by atoms with Crippen LogP contribution in [0, 0.1) is 0 Å². The molecular formula is C10H12N2OS. The molecule has 3 nitrogen and oxygen atoms in total. The van der Waals surface area contributed by atoms with Crippen molar-refractivity contribution in [3.05, 3.63) is 28.6 Å². The first-order chi connectivity index (χ1) is 6.59. The standard InChI is InChI=1S/C10H12N2OS/c1-6(2)12-10(13)8-4-3-7(11)5-9(8)14-12/h3-6H,11H2,1-2H3. The maximum absolute atomic E-state index is 11.8. The summed E-state index contributed by atoms with van der Waals surface area (Å²) < 4.78 is 2.73. The number of anilines is 1. The third-order valence-electron chi connectivity index (χ3n) is 2.10. The predicted molar refractivity (Wildman–Crippen MR) is 60.9 cm³/mol. The van der Waals surface area contributed by atoms with E-state index in [1.54, 1.807) is 16.1 Å². The van der Waals surface area contributed by atoms with Crippen molar-refractivity contribution in [1.82, 2.24) is 3.96 Å². The molecule has 0 spiro atoms. The number of fused-ring (bicyclic) bond motifs is 1. The monoisotopic (exact) mass is 208 g/mol. The molecule has 4 heteroatoms. The molecule has 1 aromatic heterocycles. The van der Waals surface area contributed by atoms with Crippen LogP contribution in [0.1, 0.15) is 19.9 Å². The van der Waals surface area contributed by atoms with Gasteiger partial charge in [0, 0.05) is 11.7 Å². The van der Waals surface area contributed by atoms with Gasteiger partial charge in [-0.2, -0.15) is 0 Å². The summed E-state index contributed by atoms with van der Waals surface area (Å²) in [5.74, 6) is 0. The molecule has 0 saturated carbocycles. The minimum absolute atomic E-state index is 0.0833. The van der Waals surface area contributed by atoms with Crippen molar-refractivity contribution in [2.24, 2.45) is 0 Å². The van der Waals surface area contributed by atoms with Crippen molar-refractivity contribution < 1.29 is 0 Å². The Kier molecular flexibility index (Phi) is 2.07. The van der Waals surface area contributed by atoms with Crippen LogP contribution in [-0.2, 0) is 0 Å². The van der Waals surface area contributed by atoms with Crippen molar-refractivity contribution in [2.45, 2.75) is 19.9 Å². The van der Waals surface area contributed by atoms with E-state index in [0.717, 1.165) is 10.1 Å². The molecule has 0 fully saturated rings. The normalized spacial score (nSPS) is 11.4. The summed E-state index contributed by atoms with van der Waals surface area (Å²) in [4.78, 5) is 11.8. The fourth-order valence-electron chi connectivity index (χ4n) is 1.40. The molecule has 0 unspecified atom stereocenters. The Hall–Kier alpha value is -1.29. The average Bonchev–Trinajstić information content (AvgIpc) is 2.43. The Morgan fingerprint density at radius 1 is 1.43 bits per heavy atom. The lowest BCUT2D eigenvalue weighted by atomic mass is 10.2. The largest absolute Gasteiger partial charge is 0.399 e. The number of hydrogen-bond acceptors (Lipinski definition) is 3. The molecule has 14 heavy (non-hydrogen) atoms. The van der Waals surface area contributed by atoms with Gasteiger partial charge in [-0.15, -0.1) is 0 Å². The van der Waals surface area contributed by atoms with Gasteiger partial charge in [0.25, 0.3) is 5.56 Å². The number of aromatic nitrogens is 1. The van der Waals surface area contributed by atoms with E-state index in [2.05, 4.69) is 0 Å². The van der Waals surface area contributed by atoms with Crippen molar-refractivity contribution in [3.8, 4) is 0 Å². The number of nitrogen functional groups attached to an aromatic ring is 1. The van der Waals surface area contributed by atoms with E-state index in [1.165, 1.54) is 11.5 Å². The Balaban J connectivity index is 2.80. The molecule has 0 aliphatic carbocycles. The van der Waals surface area contributed by atoms with Gasteiger partial charge in [0.1, 0.15) is 0 Å². The van der Waals surface area contributed by atoms with Crippen LogP contribution >= 0.6 is 11.5 Å². The van der Waals surface area contributed by atoms with Gasteiger partial charge >= 0.3 is 0 Å². The molecule has 74 valence electrons. The summed E-state index contributed by atoms with van der Waals surface area (Å²) in [6, 6.07) is 5.62. The van der Waals surface area contributed by atoms with Crippen LogP contribution in [0.3, 0.4) is 0 Å². The van der Waals surface area contributed by atoms with Crippen LogP contribution in [0.25, 0.3) is 10.1 Å². The highest BCUT2D eigenvalue weighted by molar-refractivity contribution is 7.13. The van der Waals surface area contributed by atoms with Gasteiger partial charge < -0.3 is 5.73 Å². The highest BCUT2D eigenvalue weighted by atomic mass is 32.1. The summed E-state index contributed by atoms with van der Waals surface area (Å²) in [6.45, 7) is 4.00. The average molecular weight is 208 g/mol. The van der Waals surface area contributed by atoms with Crippen LogP contribution in [0.15, 0.2) is 23.0 Å². The lowest BCUT2D eigenvalue weighted by Gasteiger charge is -2.01. The van der Waals surface area contributed by atoms with Crippen LogP contribution < -0.4 is 11.3 Å². The second-order valence-electron chi connectivity index (χ2n) is 3.57. The first-order valence-corrected chi connectivity index (χ1v) is 5.28. The lowest BCUT2D eigenvalue weighted by Crippen LogP contribution is -2.14. The summed E-state index contributed by atoms with van der Waals surface area (Å²) in [5, 5.41) is 0.762. The second kappa shape index (κ2) is 3.13. The van der Waals surface area contributed by atoms with Crippen molar-refractivity contribution in [1.29, 1.82) is 0 Å². The third kappa shape index (κ3) is 1.32. The number of rotatable bonds is 1. The zero-order valence-corrected chi connectivity index (χ0v) is 8.97. The van der Waals surface area contributed by atoms with Crippen molar-refractivity contribution in [2.75, 3.05) is 5.73 Å². The number of nitrogens with zero attached hydrogens (tertiary/aromatic N) is 1. The van der Waals surface area contributed by atoms with Gasteiger partial charge in [-0.05, 0) is 32.0 Å². The Bertz CT molecular complexity index is 524. The molecule has 1 aromatic carbocycles. The smallest absolute Gasteiger partial charge is 0.268 e. The zero-order chi connectivity index (χ0) is 10.3. The molecule has 2 N–H and O–H groups in total. The second-order valence-corrected chi connectivity index (χ2v) is 4.59. The van der Waals surface area contributed by atoms with Crippen LogP contribution in [0.5, 0.6) is 0 Å². The summed E-state index contributed by atoms with van der Waals surface area (Å²) in [5.41, 5.74) is 6.44. The fraction of sp³-hybridized carbons (Fsp3) is 0.300. The van der Waals surface area contributed by atoms with Crippen LogP contribution in [0.4, 0.5) is 5.69 Å². The van der Waals surface area contributed by atoms with Crippen molar-refractivity contribution in [3.63, 3.8) is 0 Å². The van der Waals surface area contributed by atoms with E-state index in [9.17, 15) is 4.79 Å². The summed E-state index contributed by atoms with van der Waals surface area (Å²) in [6.07, 6.45) is 0. The maximum atomic E-state index is 11.8. The molecule has 0 aliphatic heterocycles. The molecule has 2 aromatic rings. The van der Waals surface area contributed by atoms with Gasteiger partial charge in [0.05, 0.1) is 10.1 Å². The highest BCUT2D eigenvalue weighted by Gasteiger charge is 2.09. The van der Waals surface area contributed by atoms with Crippen LogP contribution in [-0.4, -0.2) is 3.96 Å². The fourth-order valence-corrected chi connectivity index (χ4v) is 2.44. The highest BCUT2D eigenvalue weighted by Crippen LogP contribution is 2.21. The zero-order valence-electron chi connectivity index (χ0n) is 8.15. The topological polar surface area (TPSA) is 48.0 Å². The van der Waals surface area contributed by atoms with Gasteiger partial charge in [0.2, 0.25) is 0 Å². The van der Waals surface area contributed by atoms with Gasteiger partial charge in [-0.1, -0.05) is 11.5 Å². The molecule has 0 bridgehead atoms. The first kappa shape index (κ1) is 9.27. The van der Waals surface area contributed by atoms with E-state index in [1.807, 2.05) is 19.9 Å². The molecule has 0 radical (unpaired) electrons. The molecule has 0 amide bonds. The minimum Gasteiger partial charge on any atom is -0.399 e. The maximum Gasteiger partial charge on any atom is 0.268 e. The number of benzene rings is 1. The molecule has 0 aliphatic rings. The van der Waals surface area contributed by atoms with Crippen LogP contribution in [0.2, 0.25) is 0 Å². The van der Waals surface area contributed by atoms with E-state index >= 15 is 0 Å². The number of nitrogens with two attached hydrogens (primary N) is 1. The molecular weight excluding hydrogens is 196 g/mol. The van der Waals surface area contributed by atoms with Gasteiger partial charge in [-0.25, -0.2) is 0 Å². The summed E-state index contributed by atoms with van der Waals surface area (Å²) >= 11 is 1.47. The third-order valence-corrected chi connectivity index (χ3v) is 3.42. The quantitative estimate of drug-likeness (QED) is 0.730. The van der Waals surface area contributed by atoms with E-state index in [0.29, 0.717) is 5.69 Å². The molecule has 0 saturated heterocycles. The lowest BCUT2D eigenvalue weighted by molar-refractivity contribution is 0.636. The SMILES string of the molecule is CC(C)n1sc2cc(N)ccc2c1=O. The van der Waals surface area contributed by atoms with Gasteiger partial charge in [0.15, 0.2) is 0 Å². The first-order valence-electron chi connectivity index (χ1n) is 4.50. The molecule has 1 heterocycles. The van der Waals surface area contributed by atoms with Crippen molar-refractivity contribution >= 4 is 27.3 Å². The van der Waals surface area contributed by atoms with E-state index in [-0.39, 0.29) is 11.6 Å². The Morgan fingerprint density at radius 2 is 2.14 bits per heavy atom. The molecule has 2 rings (SSSR count). The molecule has 0 atom stereocenters. The predicted octanol–water partition coefficient (Wildman–Crippen LogP) is 2.23. The Morgan fingerprint density at radius 3 is 2.79 bits per heavy atom. The summed E-state index contributed by atoms with van der Waals surface area (Å²) in [7, 11) is 0. The minimum atomic E-state index is 0.0833. The van der Waals surface area contributed by atoms with E-state index in [4.69, 9.17) is 5.73 Å². The Labute approximate surface area is 85.9 Å².